The molecule has 0 radical (unpaired) electrons. The number of aliphatic hydroxyl groups excluding tert-OH is 1. The van der Waals surface area contributed by atoms with Crippen LogP contribution in [0.5, 0.6) is 0 Å². The van der Waals surface area contributed by atoms with E-state index in [1.807, 2.05) is 23.8 Å². The van der Waals surface area contributed by atoms with Crippen LogP contribution in [0.2, 0.25) is 0 Å². The smallest absolute Gasteiger partial charge is 0.0798 e. The molecule has 0 unspecified atom stereocenters. The Morgan fingerprint density at radius 1 is 1.21 bits per heavy atom. The summed E-state index contributed by atoms with van der Waals surface area (Å²) < 4.78 is 0. The molecule has 1 saturated heterocycles. The molecule has 2 atom stereocenters. The molecule has 3 heterocycles. The molecule has 0 saturated carbocycles. The standard InChI is InChI=1S/C19H21N3OS/c1-13-19(24-12-21-13)11-22-9-15(18(23)10-22)8-14-6-7-20-17-5-3-2-4-16(14)17/h2-7,12,15,18,23H,8-11H2,1H3/t15-,18-/m1/s1. The van der Waals surface area contributed by atoms with Crippen LogP contribution in [0.15, 0.2) is 42.0 Å². The number of pyridine rings is 1. The predicted octanol–water partition coefficient (Wildman–Crippen LogP) is 3.04. The highest BCUT2D eigenvalue weighted by Gasteiger charge is 2.32. The second-order valence-electron chi connectivity index (χ2n) is 6.57. The summed E-state index contributed by atoms with van der Waals surface area (Å²) in [6.07, 6.45) is 2.49. The Morgan fingerprint density at radius 3 is 2.92 bits per heavy atom. The second-order valence-corrected chi connectivity index (χ2v) is 7.51. The Kier molecular flexibility index (Phi) is 4.31. The van der Waals surface area contributed by atoms with Gasteiger partial charge in [0, 0.05) is 42.0 Å². The fourth-order valence-electron chi connectivity index (χ4n) is 3.57. The minimum absolute atomic E-state index is 0.268. The number of aryl methyl sites for hydroxylation is 1. The summed E-state index contributed by atoms with van der Waals surface area (Å²) in [6.45, 7) is 4.61. The first-order valence-electron chi connectivity index (χ1n) is 8.32. The van der Waals surface area contributed by atoms with Gasteiger partial charge in [-0.3, -0.25) is 9.88 Å². The number of para-hydroxylation sites is 1. The van der Waals surface area contributed by atoms with Crippen molar-refractivity contribution in [3.8, 4) is 0 Å². The summed E-state index contributed by atoms with van der Waals surface area (Å²) in [5.41, 5.74) is 5.32. The molecule has 1 aliphatic rings. The van der Waals surface area contributed by atoms with Gasteiger partial charge in [0.15, 0.2) is 0 Å². The van der Waals surface area contributed by atoms with Gasteiger partial charge in [-0.15, -0.1) is 11.3 Å². The van der Waals surface area contributed by atoms with E-state index < -0.39 is 0 Å². The summed E-state index contributed by atoms with van der Waals surface area (Å²) in [4.78, 5) is 12.4. The molecule has 1 aliphatic heterocycles. The third kappa shape index (κ3) is 3.07. The highest BCUT2D eigenvalue weighted by molar-refractivity contribution is 7.09. The number of hydrogen-bond donors (Lipinski definition) is 1. The molecular formula is C19H21N3OS. The fourth-order valence-corrected chi connectivity index (χ4v) is 4.39. The molecule has 0 amide bonds. The third-order valence-corrected chi connectivity index (χ3v) is 5.84. The highest BCUT2D eigenvalue weighted by atomic mass is 32.1. The van der Waals surface area contributed by atoms with Gasteiger partial charge in [0.1, 0.15) is 0 Å². The summed E-state index contributed by atoms with van der Waals surface area (Å²) in [5, 5.41) is 11.7. The van der Waals surface area contributed by atoms with Crippen LogP contribution in [0.25, 0.3) is 10.9 Å². The molecular weight excluding hydrogens is 318 g/mol. The molecule has 124 valence electrons. The number of β-amino-alcohol motifs (C(OH)–C–C–N with tert-alkyl or cyclic N) is 1. The van der Waals surface area contributed by atoms with Crippen molar-refractivity contribution in [1.29, 1.82) is 0 Å². The van der Waals surface area contributed by atoms with Crippen molar-refractivity contribution in [3.63, 3.8) is 0 Å². The maximum Gasteiger partial charge on any atom is 0.0798 e. The van der Waals surface area contributed by atoms with E-state index in [0.29, 0.717) is 0 Å². The van der Waals surface area contributed by atoms with E-state index in [4.69, 9.17) is 0 Å². The molecule has 0 bridgehead atoms. The van der Waals surface area contributed by atoms with E-state index in [9.17, 15) is 5.11 Å². The zero-order valence-electron chi connectivity index (χ0n) is 13.7. The summed E-state index contributed by atoms with van der Waals surface area (Å²) in [7, 11) is 0. The van der Waals surface area contributed by atoms with Gasteiger partial charge in [0.05, 0.1) is 22.8 Å². The minimum atomic E-state index is -0.273. The minimum Gasteiger partial charge on any atom is -0.391 e. The van der Waals surface area contributed by atoms with Gasteiger partial charge in [-0.25, -0.2) is 4.98 Å². The van der Waals surface area contributed by atoms with Crippen LogP contribution >= 0.6 is 11.3 Å². The van der Waals surface area contributed by atoms with Gasteiger partial charge in [-0.1, -0.05) is 18.2 Å². The Bertz CT molecular complexity index is 842. The van der Waals surface area contributed by atoms with Crippen LogP contribution in [0.1, 0.15) is 16.1 Å². The average Bonchev–Trinajstić information content (AvgIpc) is 3.14. The number of likely N-dealkylation sites (tertiary alicyclic amines) is 1. The fraction of sp³-hybridized carbons (Fsp3) is 0.368. The van der Waals surface area contributed by atoms with Crippen molar-refractivity contribution in [2.45, 2.75) is 26.0 Å². The van der Waals surface area contributed by atoms with Crippen molar-refractivity contribution in [2.24, 2.45) is 5.92 Å². The van der Waals surface area contributed by atoms with Crippen LogP contribution in [0.3, 0.4) is 0 Å². The van der Waals surface area contributed by atoms with Gasteiger partial charge in [0.2, 0.25) is 0 Å². The SMILES string of the molecule is Cc1ncsc1CN1C[C@@H](Cc2ccnc3ccccc23)[C@H](O)C1. The van der Waals surface area contributed by atoms with Crippen LogP contribution in [0.4, 0.5) is 0 Å². The van der Waals surface area contributed by atoms with Crippen molar-refractivity contribution >= 4 is 22.2 Å². The predicted molar refractivity (Wildman–Crippen MR) is 97.1 cm³/mol. The topological polar surface area (TPSA) is 49.2 Å². The number of rotatable bonds is 4. The highest BCUT2D eigenvalue weighted by Crippen LogP contribution is 2.27. The van der Waals surface area contributed by atoms with E-state index in [0.717, 1.165) is 37.3 Å². The number of nitrogens with zero attached hydrogens (tertiary/aromatic N) is 3. The third-order valence-electron chi connectivity index (χ3n) is 4.92. The lowest BCUT2D eigenvalue weighted by Crippen LogP contribution is -2.21. The number of fused-ring (bicyclic) bond motifs is 1. The molecule has 1 N–H and O–H groups in total. The number of benzene rings is 1. The number of aromatic nitrogens is 2. The van der Waals surface area contributed by atoms with E-state index >= 15 is 0 Å². The molecule has 4 rings (SSSR count). The maximum atomic E-state index is 10.5. The molecule has 1 fully saturated rings. The Morgan fingerprint density at radius 2 is 2.08 bits per heavy atom. The zero-order chi connectivity index (χ0) is 16.5. The van der Waals surface area contributed by atoms with Crippen molar-refractivity contribution in [2.75, 3.05) is 13.1 Å². The molecule has 3 aromatic rings. The molecule has 24 heavy (non-hydrogen) atoms. The Hall–Kier alpha value is -1.82. The Balaban J connectivity index is 1.49. The molecule has 0 spiro atoms. The maximum absolute atomic E-state index is 10.5. The second kappa shape index (κ2) is 6.59. The monoisotopic (exact) mass is 339 g/mol. The number of aliphatic hydroxyl groups is 1. The lowest BCUT2D eigenvalue weighted by Gasteiger charge is -2.16. The van der Waals surface area contributed by atoms with Gasteiger partial charge in [-0.05, 0) is 31.0 Å². The van der Waals surface area contributed by atoms with E-state index in [1.165, 1.54) is 15.8 Å². The van der Waals surface area contributed by atoms with E-state index in [2.05, 4.69) is 40.0 Å². The molecule has 5 heteroatoms. The lowest BCUT2D eigenvalue weighted by molar-refractivity contribution is 0.141. The number of thiazole rings is 1. The normalized spacial score (nSPS) is 21.6. The first-order valence-corrected chi connectivity index (χ1v) is 9.20. The largest absolute Gasteiger partial charge is 0.391 e. The van der Waals surface area contributed by atoms with Crippen LogP contribution < -0.4 is 0 Å². The van der Waals surface area contributed by atoms with E-state index in [-0.39, 0.29) is 12.0 Å². The molecule has 2 aromatic heterocycles. The first-order chi connectivity index (χ1) is 11.7. The van der Waals surface area contributed by atoms with Crippen LogP contribution in [0, 0.1) is 12.8 Å². The number of hydrogen-bond acceptors (Lipinski definition) is 5. The zero-order valence-corrected chi connectivity index (χ0v) is 14.5. The summed E-state index contributed by atoms with van der Waals surface area (Å²) >= 11 is 1.70. The van der Waals surface area contributed by atoms with Crippen molar-refractivity contribution in [3.05, 3.63) is 58.2 Å². The van der Waals surface area contributed by atoms with Crippen molar-refractivity contribution in [1.82, 2.24) is 14.9 Å². The van der Waals surface area contributed by atoms with Gasteiger partial charge < -0.3 is 5.11 Å². The van der Waals surface area contributed by atoms with Gasteiger partial charge in [0.25, 0.3) is 0 Å². The van der Waals surface area contributed by atoms with Crippen LogP contribution in [-0.2, 0) is 13.0 Å². The van der Waals surface area contributed by atoms with E-state index in [1.54, 1.807) is 11.3 Å². The molecule has 4 nitrogen and oxygen atoms in total. The molecule has 0 aliphatic carbocycles. The summed E-state index contributed by atoms with van der Waals surface area (Å²) in [6, 6.07) is 10.3. The van der Waals surface area contributed by atoms with Gasteiger partial charge >= 0.3 is 0 Å². The Labute approximate surface area is 145 Å². The lowest BCUT2D eigenvalue weighted by atomic mass is 9.94. The van der Waals surface area contributed by atoms with Crippen LogP contribution in [-0.4, -0.2) is 39.2 Å². The average molecular weight is 339 g/mol. The first kappa shape index (κ1) is 15.7. The quantitative estimate of drug-likeness (QED) is 0.794. The van der Waals surface area contributed by atoms with Crippen molar-refractivity contribution < 1.29 is 5.11 Å². The molecule has 1 aromatic carbocycles. The van der Waals surface area contributed by atoms with Gasteiger partial charge in [-0.2, -0.15) is 0 Å². The summed E-state index contributed by atoms with van der Waals surface area (Å²) in [5.74, 6) is 0.268.